The molecule has 0 unspecified atom stereocenters. The van der Waals surface area contributed by atoms with Crippen LogP contribution in [0.4, 0.5) is 0 Å². The van der Waals surface area contributed by atoms with Gasteiger partial charge >= 0.3 is 17.9 Å². The lowest BCUT2D eigenvalue weighted by molar-refractivity contribution is -0.170. The summed E-state index contributed by atoms with van der Waals surface area (Å²) >= 11 is 0. The molecule has 0 aliphatic carbocycles. The molecule has 0 aromatic rings. The van der Waals surface area contributed by atoms with E-state index < -0.39 is 31.3 Å². The van der Waals surface area contributed by atoms with Crippen molar-refractivity contribution in [1.82, 2.24) is 0 Å². The molecule has 0 atom stereocenters. The van der Waals surface area contributed by atoms with Crippen LogP contribution in [0, 0.1) is 0 Å². The molecule has 15 heavy (non-hydrogen) atoms. The molecule has 0 fully saturated rings. The van der Waals surface area contributed by atoms with E-state index in [1.165, 1.54) is 0 Å². The molecule has 0 amide bonds. The second kappa shape index (κ2) is 7.31. The van der Waals surface area contributed by atoms with Crippen LogP contribution in [-0.4, -0.2) is 31.3 Å². The van der Waals surface area contributed by atoms with Crippen molar-refractivity contribution in [3.05, 3.63) is 25.3 Å². The van der Waals surface area contributed by atoms with Gasteiger partial charge in [0.25, 0.3) is 0 Å². The number of ether oxygens (including phenoxy) is 3. The fraction of sp³-hybridized carbons (Fsp3) is 0.222. The number of esters is 3. The highest BCUT2D eigenvalue weighted by Gasteiger charge is 2.06. The van der Waals surface area contributed by atoms with Crippen molar-refractivity contribution in [3.8, 4) is 0 Å². The lowest BCUT2D eigenvalue weighted by Gasteiger charge is -2.04. The average molecular weight is 214 g/mol. The fourth-order valence-corrected chi connectivity index (χ4v) is 0.443. The number of rotatable bonds is 6. The predicted octanol–water partition coefficient (Wildman–Crippen LogP) is -0.0545. The van der Waals surface area contributed by atoms with Gasteiger partial charge in [-0.3, -0.25) is 0 Å². The lowest BCUT2D eigenvalue weighted by Crippen LogP contribution is -2.17. The second-order valence-electron chi connectivity index (χ2n) is 2.11. The van der Waals surface area contributed by atoms with Crippen LogP contribution in [0.2, 0.25) is 0 Å². The van der Waals surface area contributed by atoms with E-state index in [4.69, 9.17) is 0 Å². The van der Waals surface area contributed by atoms with E-state index in [1.54, 1.807) is 0 Å². The van der Waals surface area contributed by atoms with Crippen LogP contribution in [0.1, 0.15) is 0 Å². The smallest absolute Gasteiger partial charge is 0.347 e. The molecule has 0 aromatic carbocycles. The van der Waals surface area contributed by atoms with Gasteiger partial charge in [-0.25, -0.2) is 14.4 Å². The van der Waals surface area contributed by atoms with Crippen LogP contribution >= 0.6 is 0 Å². The van der Waals surface area contributed by atoms with Crippen molar-refractivity contribution in [3.63, 3.8) is 0 Å². The monoisotopic (exact) mass is 214 g/mol. The van der Waals surface area contributed by atoms with Gasteiger partial charge in [-0.15, -0.1) is 0 Å². The van der Waals surface area contributed by atoms with Crippen LogP contribution in [0.5, 0.6) is 0 Å². The summed E-state index contributed by atoms with van der Waals surface area (Å²) < 4.78 is 13.0. The molecular formula is C9H10O6. The summed E-state index contributed by atoms with van der Waals surface area (Å²) in [5, 5.41) is 0. The molecule has 0 saturated heterocycles. The molecule has 0 rings (SSSR count). The first-order valence-corrected chi connectivity index (χ1v) is 3.84. The molecule has 82 valence electrons. The maximum absolute atomic E-state index is 10.8. The van der Waals surface area contributed by atoms with Crippen LogP contribution in [-0.2, 0) is 28.6 Å². The Balaban J connectivity index is 3.57. The van der Waals surface area contributed by atoms with E-state index in [-0.39, 0.29) is 0 Å². The minimum absolute atomic E-state index is 0.546. The minimum atomic E-state index is -0.831. The maximum atomic E-state index is 10.8. The summed E-state index contributed by atoms with van der Waals surface area (Å²) in [7, 11) is 0. The topological polar surface area (TPSA) is 78.9 Å². The molecule has 0 bridgehead atoms. The lowest BCUT2D eigenvalue weighted by atomic mass is 10.6. The van der Waals surface area contributed by atoms with Gasteiger partial charge in [0.1, 0.15) is 0 Å². The van der Waals surface area contributed by atoms with E-state index in [2.05, 4.69) is 27.4 Å². The van der Waals surface area contributed by atoms with Crippen molar-refractivity contribution in [1.29, 1.82) is 0 Å². The van der Waals surface area contributed by atoms with Gasteiger partial charge in [-0.05, 0) is 0 Å². The van der Waals surface area contributed by atoms with E-state index in [1.807, 2.05) is 0 Å². The van der Waals surface area contributed by atoms with Gasteiger partial charge < -0.3 is 14.2 Å². The highest BCUT2D eigenvalue weighted by molar-refractivity contribution is 5.84. The zero-order valence-electron chi connectivity index (χ0n) is 7.93. The van der Waals surface area contributed by atoms with E-state index in [0.717, 1.165) is 12.2 Å². The van der Waals surface area contributed by atoms with Gasteiger partial charge in [0.05, 0.1) is 0 Å². The van der Waals surface area contributed by atoms with Crippen molar-refractivity contribution < 1.29 is 28.6 Å². The molecule has 0 aliphatic rings. The first-order valence-electron chi connectivity index (χ1n) is 3.84. The maximum Gasteiger partial charge on any atom is 0.347 e. The summed E-state index contributed by atoms with van der Waals surface area (Å²) in [4.78, 5) is 31.8. The predicted molar refractivity (Wildman–Crippen MR) is 48.4 cm³/mol. The fourth-order valence-electron chi connectivity index (χ4n) is 0.443. The molecule has 0 radical (unpaired) electrons. The third-order valence-electron chi connectivity index (χ3n) is 1.09. The van der Waals surface area contributed by atoms with E-state index >= 15 is 0 Å². The van der Waals surface area contributed by atoms with Crippen molar-refractivity contribution in [2.75, 3.05) is 13.4 Å². The SMILES string of the molecule is C=CC(=O)OCOC(=O)COC(=O)C=C. The van der Waals surface area contributed by atoms with Gasteiger partial charge in [0, 0.05) is 12.2 Å². The molecule has 6 heteroatoms. The van der Waals surface area contributed by atoms with Gasteiger partial charge in [0.15, 0.2) is 6.61 Å². The molecule has 0 N–H and O–H groups in total. The van der Waals surface area contributed by atoms with Crippen molar-refractivity contribution >= 4 is 17.9 Å². The average Bonchev–Trinajstić information content (AvgIpc) is 2.25. The van der Waals surface area contributed by atoms with E-state index in [0.29, 0.717) is 0 Å². The Morgan fingerprint density at radius 2 is 1.47 bits per heavy atom. The normalized spacial score (nSPS) is 8.53. The molecule has 0 aliphatic heterocycles. The number of carbonyl (C=O) groups is 3. The Morgan fingerprint density at radius 3 is 2.00 bits per heavy atom. The summed E-state index contributed by atoms with van der Waals surface area (Å²) in [6.45, 7) is 5.16. The second-order valence-corrected chi connectivity index (χ2v) is 2.11. The minimum Gasteiger partial charge on any atom is -0.451 e. The Morgan fingerprint density at radius 1 is 0.933 bits per heavy atom. The molecule has 6 nitrogen and oxygen atoms in total. The Kier molecular flexibility index (Phi) is 6.28. The largest absolute Gasteiger partial charge is 0.451 e. The van der Waals surface area contributed by atoms with Gasteiger partial charge in [-0.1, -0.05) is 13.2 Å². The third kappa shape index (κ3) is 7.00. The van der Waals surface area contributed by atoms with Crippen molar-refractivity contribution in [2.24, 2.45) is 0 Å². The van der Waals surface area contributed by atoms with Gasteiger partial charge in [-0.2, -0.15) is 0 Å². The molecule has 0 saturated carbocycles. The number of carbonyl (C=O) groups excluding carboxylic acids is 3. The van der Waals surface area contributed by atoms with Crippen molar-refractivity contribution in [2.45, 2.75) is 0 Å². The van der Waals surface area contributed by atoms with Crippen LogP contribution in [0.15, 0.2) is 25.3 Å². The zero-order valence-corrected chi connectivity index (χ0v) is 7.93. The molecule has 0 spiro atoms. The Hall–Kier alpha value is -2.11. The third-order valence-corrected chi connectivity index (χ3v) is 1.09. The van der Waals surface area contributed by atoms with Crippen LogP contribution in [0.25, 0.3) is 0 Å². The summed E-state index contributed by atoms with van der Waals surface area (Å²) in [5.74, 6) is -2.29. The zero-order chi connectivity index (χ0) is 11.7. The summed E-state index contributed by atoms with van der Waals surface area (Å²) in [6.07, 6.45) is 1.83. The Labute approximate surface area is 86.1 Å². The summed E-state index contributed by atoms with van der Waals surface area (Å²) in [5.41, 5.74) is 0. The van der Waals surface area contributed by atoms with Crippen LogP contribution in [0.3, 0.4) is 0 Å². The first kappa shape index (κ1) is 12.9. The molecular weight excluding hydrogens is 204 g/mol. The highest BCUT2D eigenvalue weighted by Crippen LogP contribution is 1.86. The number of hydrogen-bond acceptors (Lipinski definition) is 6. The van der Waals surface area contributed by atoms with Gasteiger partial charge in [0.2, 0.25) is 6.79 Å². The standard InChI is InChI=1S/C9H10O6/c1-3-7(10)13-5-9(12)15-6-14-8(11)4-2/h3-4H,1-2,5-6H2. The number of hydrogen-bond donors (Lipinski definition) is 0. The van der Waals surface area contributed by atoms with Crippen LogP contribution < -0.4 is 0 Å². The first-order chi connectivity index (χ1) is 7.10. The molecule has 0 heterocycles. The highest BCUT2D eigenvalue weighted by atomic mass is 16.7. The molecule has 0 aromatic heterocycles. The Bertz CT molecular complexity index is 280. The quantitative estimate of drug-likeness (QED) is 0.350. The van der Waals surface area contributed by atoms with E-state index in [9.17, 15) is 14.4 Å². The summed E-state index contributed by atoms with van der Waals surface area (Å²) in [6, 6.07) is 0.